The monoisotopic (exact) mass is 486 g/mol. The van der Waals surface area contributed by atoms with Gasteiger partial charge in [-0.05, 0) is 51.2 Å². The van der Waals surface area contributed by atoms with Gasteiger partial charge in [0.1, 0.15) is 11.4 Å². The third kappa shape index (κ3) is 7.90. The van der Waals surface area contributed by atoms with E-state index in [0.29, 0.717) is 24.8 Å². The number of hydrogen-bond acceptors (Lipinski definition) is 4. The fourth-order valence-corrected chi connectivity index (χ4v) is 2.63. The first-order chi connectivity index (χ1) is 12.4. The van der Waals surface area contributed by atoms with Crippen molar-refractivity contribution in [1.29, 1.82) is 0 Å². The summed E-state index contributed by atoms with van der Waals surface area (Å²) < 4.78 is 5.31. The van der Waals surface area contributed by atoms with E-state index in [-0.39, 0.29) is 24.0 Å². The molecule has 1 aromatic carbocycles. The smallest absolute Gasteiger partial charge is 0.191 e. The summed E-state index contributed by atoms with van der Waals surface area (Å²) in [7, 11) is 4.12. The maximum atomic E-state index is 10.6. The Kier molecular flexibility index (Phi) is 9.82. The van der Waals surface area contributed by atoms with Crippen LogP contribution < -0.4 is 10.6 Å². The highest BCUT2D eigenvalue weighted by atomic mass is 127. The van der Waals surface area contributed by atoms with Gasteiger partial charge in [-0.3, -0.25) is 0 Å². The van der Waals surface area contributed by atoms with Crippen LogP contribution in [0.3, 0.4) is 0 Å². The van der Waals surface area contributed by atoms with Gasteiger partial charge in [0.05, 0.1) is 19.4 Å². The number of aliphatic imine (C=N–C) groups is 1. The van der Waals surface area contributed by atoms with Crippen LogP contribution in [0.25, 0.3) is 0 Å². The Balaban J connectivity index is 0.00000364. The lowest BCUT2D eigenvalue weighted by Gasteiger charge is -2.22. The lowest BCUT2D eigenvalue weighted by molar-refractivity contribution is 0.0386. The van der Waals surface area contributed by atoms with Gasteiger partial charge in [-0.2, -0.15) is 0 Å². The molecule has 0 aliphatic heterocycles. The average molecular weight is 486 g/mol. The van der Waals surface area contributed by atoms with Crippen molar-refractivity contribution in [1.82, 2.24) is 15.5 Å². The summed E-state index contributed by atoms with van der Waals surface area (Å²) in [6.07, 6.45) is 1.56. The predicted octanol–water partition coefficient (Wildman–Crippen LogP) is 2.92. The lowest BCUT2D eigenvalue weighted by atomic mass is 10.0. The van der Waals surface area contributed by atoms with Crippen molar-refractivity contribution < 1.29 is 9.52 Å². The highest BCUT2D eigenvalue weighted by molar-refractivity contribution is 14.0. The molecule has 6 nitrogen and oxygen atoms in total. The van der Waals surface area contributed by atoms with E-state index in [9.17, 15) is 5.11 Å². The van der Waals surface area contributed by atoms with Crippen LogP contribution in [-0.4, -0.2) is 43.2 Å². The van der Waals surface area contributed by atoms with Gasteiger partial charge in [-0.1, -0.05) is 24.3 Å². The molecule has 0 saturated heterocycles. The Morgan fingerprint density at radius 3 is 2.56 bits per heavy atom. The number of rotatable bonds is 8. The topological polar surface area (TPSA) is 73.0 Å². The van der Waals surface area contributed by atoms with Gasteiger partial charge < -0.3 is 25.1 Å². The van der Waals surface area contributed by atoms with Crippen LogP contribution in [0.5, 0.6) is 0 Å². The molecular formula is C20H31IN4O2. The van der Waals surface area contributed by atoms with E-state index in [2.05, 4.69) is 58.9 Å². The van der Waals surface area contributed by atoms with Crippen molar-refractivity contribution in [3.63, 3.8) is 0 Å². The second-order valence-corrected chi connectivity index (χ2v) is 6.86. The highest BCUT2D eigenvalue weighted by Gasteiger charge is 2.26. The van der Waals surface area contributed by atoms with E-state index in [0.717, 1.165) is 18.7 Å². The minimum atomic E-state index is -1.11. The number of benzene rings is 1. The van der Waals surface area contributed by atoms with Gasteiger partial charge in [-0.25, -0.2) is 4.99 Å². The molecule has 1 aromatic heterocycles. The van der Waals surface area contributed by atoms with Crippen LogP contribution in [0, 0.1) is 0 Å². The van der Waals surface area contributed by atoms with E-state index in [4.69, 9.17) is 4.42 Å². The summed E-state index contributed by atoms with van der Waals surface area (Å²) in [6, 6.07) is 12.0. The van der Waals surface area contributed by atoms with Gasteiger partial charge in [0.15, 0.2) is 5.96 Å². The van der Waals surface area contributed by atoms with E-state index in [1.807, 2.05) is 6.92 Å². The molecule has 7 heteroatoms. The molecule has 150 valence electrons. The maximum absolute atomic E-state index is 10.6. The predicted molar refractivity (Wildman–Crippen MR) is 120 cm³/mol. The molecule has 0 fully saturated rings. The summed E-state index contributed by atoms with van der Waals surface area (Å²) >= 11 is 0. The molecule has 0 radical (unpaired) electrons. The number of furan rings is 1. The van der Waals surface area contributed by atoms with Gasteiger partial charge in [0.2, 0.25) is 0 Å². The molecule has 0 spiro atoms. The minimum Gasteiger partial charge on any atom is -0.466 e. The Hall–Kier alpha value is -1.58. The van der Waals surface area contributed by atoms with E-state index >= 15 is 0 Å². The molecule has 1 heterocycles. The standard InChI is InChI=1S/C20H30N4O2.HI/c1-5-21-19(23-15-20(2,25)18-10-7-11-26-18)22-13-16-8-6-9-17(12-16)14-24(3)4;/h6-12,25H,5,13-15H2,1-4H3,(H2,21,22,23);1H. The zero-order chi connectivity index (χ0) is 19.0. The van der Waals surface area contributed by atoms with Gasteiger partial charge >= 0.3 is 0 Å². The quantitative estimate of drug-likeness (QED) is 0.304. The molecule has 0 aliphatic carbocycles. The summed E-state index contributed by atoms with van der Waals surface area (Å²) in [5.74, 6) is 1.19. The number of halogens is 1. The summed E-state index contributed by atoms with van der Waals surface area (Å²) in [4.78, 5) is 6.77. The first kappa shape index (κ1) is 23.5. The summed E-state index contributed by atoms with van der Waals surface area (Å²) in [6.45, 7) is 6.25. The van der Waals surface area contributed by atoms with Crippen LogP contribution in [-0.2, 0) is 18.7 Å². The number of aliphatic hydroxyl groups is 1. The molecule has 0 saturated carbocycles. The van der Waals surface area contributed by atoms with Crippen molar-refractivity contribution in [2.75, 3.05) is 27.2 Å². The number of nitrogens with zero attached hydrogens (tertiary/aromatic N) is 2. The SMILES string of the molecule is CCNC(=NCc1cccc(CN(C)C)c1)NCC(C)(O)c1ccco1.I. The number of hydrogen-bond donors (Lipinski definition) is 3. The molecule has 27 heavy (non-hydrogen) atoms. The van der Waals surface area contributed by atoms with Crippen molar-refractivity contribution in [3.05, 3.63) is 59.5 Å². The van der Waals surface area contributed by atoms with Gasteiger partial charge in [-0.15, -0.1) is 24.0 Å². The lowest BCUT2D eigenvalue weighted by Crippen LogP contribution is -2.44. The Morgan fingerprint density at radius 1 is 1.19 bits per heavy atom. The minimum absolute atomic E-state index is 0. The largest absolute Gasteiger partial charge is 0.466 e. The summed E-state index contributed by atoms with van der Waals surface area (Å²) in [5.41, 5.74) is 1.31. The van der Waals surface area contributed by atoms with Crippen LogP contribution in [0.1, 0.15) is 30.7 Å². The molecule has 0 aliphatic rings. The highest BCUT2D eigenvalue weighted by Crippen LogP contribution is 2.19. The number of guanidine groups is 1. The molecule has 2 aromatic rings. The van der Waals surface area contributed by atoms with Crippen LogP contribution in [0.2, 0.25) is 0 Å². The Bertz CT molecular complexity index is 700. The van der Waals surface area contributed by atoms with Crippen molar-refractivity contribution >= 4 is 29.9 Å². The van der Waals surface area contributed by atoms with Crippen LogP contribution >= 0.6 is 24.0 Å². The molecular weight excluding hydrogens is 455 g/mol. The van der Waals surface area contributed by atoms with Gasteiger partial charge in [0, 0.05) is 13.1 Å². The van der Waals surface area contributed by atoms with Crippen molar-refractivity contribution in [2.24, 2.45) is 4.99 Å². The second-order valence-electron chi connectivity index (χ2n) is 6.86. The Labute approximate surface area is 179 Å². The zero-order valence-corrected chi connectivity index (χ0v) is 18.9. The average Bonchev–Trinajstić information content (AvgIpc) is 3.13. The fraction of sp³-hybridized carbons (Fsp3) is 0.450. The molecule has 0 amide bonds. The van der Waals surface area contributed by atoms with E-state index in [1.54, 1.807) is 25.3 Å². The number of nitrogens with one attached hydrogen (secondary N) is 2. The molecule has 1 atom stereocenters. The van der Waals surface area contributed by atoms with Crippen molar-refractivity contribution in [2.45, 2.75) is 32.5 Å². The van der Waals surface area contributed by atoms with Gasteiger partial charge in [0.25, 0.3) is 0 Å². The fourth-order valence-electron chi connectivity index (χ4n) is 2.63. The third-order valence-electron chi connectivity index (χ3n) is 3.91. The molecule has 1 unspecified atom stereocenters. The maximum Gasteiger partial charge on any atom is 0.191 e. The van der Waals surface area contributed by atoms with Crippen molar-refractivity contribution in [3.8, 4) is 0 Å². The first-order valence-corrected chi connectivity index (χ1v) is 8.92. The van der Waals surface area contributed by atoms with Crippen LogP contribution in [0.4, 0.5) is 0 Å². The van der Waals surface area contributed by atoms with E-state index in [1.165, 1.54) is 5.56 Å². The summed E-state index contributed by atoms with van der Waals surface area (Å²) in [5, 5.41) is 16.9. The van der Waals surface area contributed by atoms with Crippen LogP contribution in [0.15, 0.2) is 52.1 Å². The molecule has 0 bridgehead atoms. The zero-order valence-electron chi connectivity index (χ0n) is 16.5. The Morgan fingerprint density at radius 2 is 1.93 bits per heavy atom. The molecule has 3 N–H and O–H groups in total. The van der Waals surface area contributed by atoms with E-state index < -0.39 is 5.60 Å². The second kappa shape index (κ2) is 11.3. The normalized spacial score (nSPS) is 13.8. The molecule has 2 rings (SSSR count). The third-order valence-corrected chi connectivity index (χ3v) is 3.91. The first-order valence-electron chi connectivity index (χ1n) is 8.92.